The van der Waals surface area contributed by atoms with Crippen molar-refractivity contribution < 1.29 is 25.6 Å². The van der Waals surface area contributed by atoms with Gasteiger partial charge in [-0.2, -0.15) is 29.5 Å². The van der Waals surface area contributed by atoms with E-state index in [1.54, 1.807) is 0 Å². The number of hydrogen-bond acceptors (Lipinski definition) is 6. The second-order valence-corrected chi connectivity index (χ2v) is 6.93. The van der Waals surface area contributed by atoms with Crippen LogP contribution in [0.3, 0.4) is 0 Å². The van der Waals surface area contributed by atoms with Gasteiger partial charge < -0.3 is 0 Å². The van der Waals surface area contributed by atoms with Crippen LogP contribution in [0.4, 0.5) is 0 Å². The molecule has 0 aliphatic heterocycles. The van der Waals surface area contributed by atoms with Crippen LogP contribution in [-0.4, -0.2) is 45.3 Å². The first-order valence-electron chi connectivity index (χ1n) is 4.70. The molecule has 0 fully saturated rings. The summed E-state index contributed by atoms with van der Waals surface area (Å²) in [5.41, 5.74) is 0. The Kier molecular flexibility index (Phi) is 7.57. The van der Waals surface area contributed by atoms with Gasteiger partial charge in [-0.1, -0.05) is 6.42 Å². The van der Waals surface area contributed by atoms with Crippen molar-refractivity contribution in [2.24, 2.45) is 0 Å². The minimum absolute atomic E-state index is 0.0382. The van der Waals surface area contributed by atoms with Crippen LogP contribution in [0.15, 0.2) is 0 Å². The van der Waals surface area contributed by atoms with Crippen LogP contribution in [0.25, 0.3) is 0 Å². The molecule has 16 heavy (non-hydrogen) atoms. The van der Waals surface area contributed by atoms with Gasteiger partial charge in [-0.3, -0.25) is 8.74 Å². The van der Waals surface area contributed by atoms with Crippen molar-refractivity contribution >= 4 is 32.9 Å². The van der Waals surface area contributed by atoms with Crippen LogP contribution in [0, 0.1) is 0 Å². The van der Waals surface area contributed by atoms with Crippen molar-refractivity contribution in [3.63, 3.8) is 0 Å². The summed E-state index contributed by atoms with van der Waals surface area (Å²) in [6.07, 6.45) is 0.953. The third-order valence-corrected chi connectivity index (χ3v) is 3.95. The van der Waals surface area contributed by atoms with Crippen LogP contribution < -0.4 is 0 Å². The normalized spacial score (nSPS) is 12.9. The highest BCUT2D eigenvalue weighted by Gasteiger charge is 2.10. The van der Waals surface area contributed by atoms with Crippen LogP contribution in [0.2, 0.25) is 0 Å². The second kappa shape index (κ2) is 7.49. The summed E-state index contributed by atoms with van der Waals surface area (Å²) in [6, 6.07) is 0. The van der Waals surface area contributed by atoms with E-state index < -0.39 is 20.2 Å². The highest BCUT2D eigenvalue weighted by Crippen LogP contribution is 2.03. The maximum Gasteiger partial charge on any atom is 0.267 e. The molecule has 0 heterocycles. The average molecular weight is 292 g/mol. The van der Waals surface area contributed by atoms with Gasteiger partial charge in [0.1, 0.15) is 0 Å². The van der Waals surface area contributed by atoms with E-state index in [1.165, 1.54) is 0 Å². The van der Waals surface area contributed by atoms with Gasteiger partial charge in [0.25, 0.3) is 20.2 Å². The van der Waals surface area contributed by atoms with Crippen molar-refractivity contribution in [3.05, 3.63) is 0 Å². The van der Waals surface area contributed by atoms with Crippen molar-refractivity contribution in [3.8, 4) is 0 Å². The van der Waals surface area contributed by atoms with E-state index in [1.807, 2.05) is 0 Å². The molecule has 0 amide bonds. The van der Waals surface area contributed by atoms with E-state index in [0.717, 1.165) is 0 Å². The van der Waals surface area contributed by atoms with Crippen LogP contribution in [0.5, 0.6) is 0 Å². The highest BCUT2D eigenvalue weighted by atomic mass is 32.2. The first-order chi connectivity index (χ1) is 7.27. The molecule has 0 aromatic rings. The summed E-state index contributed by atoms with van der Waals surface area (Å²) < 4.78 is 55.9. The molecular weight excluding hydrogens is 276 g/mol. The fraction of sp³-hybridized carbons (Fsp3) is 1.00. The second-order valence-electron chi connectivity index (χ2n) is 3.15. The van der Waals surface area contributed by atoms with Gasteiger partial charge in [0.05, 0.1) is 18.1 Å². The fourth-order valence-corrected chi connectivity index (χ4v) is 2.76. The smallest absolute Gasteiger partial charge is 0.267 e. The minimum atomic E-state index is -3.95. The SMILES string of the molecule is O=S(=O)(O)CCCCCS(=O)(=O)OCCS. The van der Waals surface area contributed by atoms with Gasteiger partial charge in [-0.05, 0) is 12.8 Å². The molecular formula is C7H16O6S3. The largest absolute Gasteiger partial charge is 0.286 e. The third-order valence-electron chi connectivity index (χ3n) is 1.65. The lowest BCUT2D eigenvalue weighted by molar-refractivity contribution is 0.340. The quantitative estimate of drug-likeness (QED) is 0.275. The molecule has 6 nitrogen and oxygen atoms in total. The Bertz CT molecular complexity index is 371. The molecule has 9 heteroatoms. The summed E-state index contributed by atoms with van der Waals surface area (Å²) in [4.78, 5) is 0. The lowest BCUT2D eigenvalue weighted by Gasteiger charge is -2.03. The Morgan fingerprint density at radius 3 is 2.06 bits per heavy atom. The summed E-state index contributed by atoms with van der Waals surface area (Å²) in [7, 11) is -7.47. The number of unbranched alkanes of at least 4 members (excludes halogenated alkanes) is 2. The monoisotopic (exact) mass is 292 g/mol. The van der Waals surface area contributed by atoms with Gasteiger partial charge in [-0.25, -0.2) is 0 Å². The maximum atomic E-state index is 11.1. The molecule has 0 aliphatic carbocycles. The van der Waals surface area contributed by atoms with Crippen molar-refractivity contribution in [2.75, 3.05) is 23.9 Å². The zero-order valence-electron chi connectivity index (χ0n) is 8.70. The van der Waals surface area contributed by atoms with E-state index in [2.05, 4.69) is 16.8 Å². The molecule has 0 aromatic carbocycles. The highest BCUT2D eigenvalue weighted by molar-refractivity contribution is 7.86. The first kappa shape index (κ1) is 16.2. The molecule has 0 saturated heterocycles. The molecule has 0 bridgehead atoms. The molecule has 0 saturated carbocycles. The van der Waals surface area contributed by atoms with Crippen molar-refractivity contribution in [2.45, 2.75) is 19.3 Å². The van der Waals surface area contributed by atoms with Crippen LogP contribution in [-0.2, 0) is 24.4 Å². The Morgan fingerprint density at radius 1 is 1.00 bits per heavy atom. The van der Waals surface area contributed by atoms with E-state index in [0.29, 0.717) is 18.6 Å². The molecule has 0 rings (SSSR count). The predicted octanol–water partition coefficient (Wildman–Crippen LogP) is 0.321. The lowest BCUT2D eigenvalue weighted by Crippen LogP contribution is -2.12. The Balaban J connectivity index is 3.66. The molecule has 0 atom stereocenters. The summed E-state index contributed by atoms with van der Waals surface area (Å²) in [5, 5.41) is 0. The summed E-state index contributed by atoms with van der Waals surface area (Å²) in [6.45, 7) is 0.0382. The van der Waals surface area contributed by atoms with E-state index in [4.69, 9.17) is 4.55 Å². The van der Waals surface area contributed by atoms with Gasteiger partial charge in [0, 0.05) is 5.75 Å². The summed E-state index contributed by atoms with van der Waals surface area (Å²) >= 11 is 3.80. The molecule has 1 N–H and O–H groups in total. The Labute approximate surface area is 102 Å². The number of thiol groups is 1. The van der Waals surface area contributed by atoms with Gasteiger partial charge in [0.15, 0.2) is 0 Å². The Hall–Kier alpha value is 0.170. The van der Waals surface area contributed by atoms with Crippen LogP contribution >= 0.6 is 12.6 Å². The van der Waals surface area contributed by atoms with E-state index in [9.17, 15) is 16.8 Å². The minimum Gasteiger partial charge on any atom is -0.286 e. The molecule has 0 radical (unpaired) electrons. The van der Waals surface area contributed by atoms with E-state index in [-0.39, 0.29) is 24.5 Å². The zero-order chi connectivity index (χ0) is 12.7. The Morgan fingerprint density at radius 2 is 1.56 bits per heavy atom. The lowest BCUT2D eigenvalue weighted by atomic mass is 10.3. The van der Waals surface area contributed by atoms with Gasteiger partial charge in [0.2, 0.25) is 0 Å². The van der Waals surface area contributed by atoms with Crippen LogP contribution in [0.1, 0.15) is 19.3 Å². The van der Waals surface area contributed by atoms with Crippen molar-refractivity contribution in [1.82, 2.24) is 0 Å². The standard InChI is InChI=1S/C7H16O6S3/c8-15(9,10)6-2-1-3-7-16(11,12)13-4-5-14/h14H,1-7H2,(H,8,9,10). The first-order valence-corrected chi connectivity index (χ1v) is 8.52. The van der Waals surface area contributed by atoms with E-state index >= 15 is 0 Å². The van der Waals surface area contributed by atoms with Gasteiger partial charge >= 0.3 is 0 Å². The molecule has 0 aliphatic rings. The average Bonchev–Trinajstić information content (AvgIpc) is 2.12. The molecule has 98 valence electrons. The third kappa shape index (κ3) is 10.7. The zero-order valence-corrected chi connectivity index (χ0v) is 11.2. The molecule has 0 unspecified atom stereocenters. The van der Waals surface area contributed by atoms with Crippen molar-refractivity contribution in [1.29, 1.82) is 0 Å². The number of rotatable bonds is 9. The predicted molar refractivity (Wildman–Crippen MR) is 63.9 cm³/mol. The topological polar surface area (TPSA) is 97.7 Å². The van der Waals surface area contributed by atoms with Gasteiger partial charge in [-0.15, -0.1) is 0 Å². The summed E-state index contributed by atoms with van der Waals surface area (Å²) in [5.74, 6) is -0.168. The maximum absolute atomic E-state index is 11.1. The molecule has 0 spiro atoms. The molecule has 0 aromatic heterocycles. The fourth-order valence-electron chi connectivity index (χ4n) is 0.963. The number of hydrogen-bond donors (Lipinski definition) is 2.